The van der Waals surface area contributed by atoms with Crippen LogP contribution in [0.15, 0.2) is 179 Å². The summed E-state index contributed by atoms with van der Waals surface area (Å²) >= 11 is 0. The summed E-state index contributed by atoms with van der Waals surface area (Å²) < 4.78 is 7.21. The Labute approximate surface area is 317 Å². The van der Waals surface area contributed by atoms with E-state index in [0.717, 1.165) is 71.7 Å². The van der Waals surface area contributed by atoms with Crippen molar-refractivity contribution in [1.82, 2.24) is 28.1 Å². The van der Waals surface area contributed by atoms with E-state index in [1.807, 2.05) is 124 Å². The van der Waals surface area contributed by atoms with Crippen molar-refractivity contribution in [3.63, 3.8) is 0 Å². The molecule has 8 nitrogen and oxygen atoms in total. The van der Waals surface area contributed by atoms with Gasteiger partial charge in [-0.05, 0) is 65.7 Å². The lowest BCUT2D eigenvalue weighted by atomic mass is 10.0. The first-order valence-electron chi connectivity index (χ1n) is 18.5. The zero-order valence-electron chi connectivity index (χ0n) is 29.7. The predicted molar refractivity (Wildman–Crippen MR) is 225 cm³/mol. The molecule has 0 atom stereocenters. The average Bonchev–Trinajstić information content (AvgIpc) is 3.96. The molecular formula is C48H28N6O2. The fraction of sp³-hybridized carbons (Fsp3) is 0. The van der Waals surface area contributed by atoms with Gasteiger partial charge in [0.15, 0.2) is 0 Å². The molecule has 0 fully saturated rings. The maximum Gasteiger partial charge on any atom is 0.299 e. The minimum absolute atomic E-state index is 0.333. The van der Waals surface area contributed by atoms with Gasteiger partial charge >= 0.3 is 0 Å². The van der Waals surface area contributed by atoms with E-state index in [-0.39, 0.29) is 11.1 Å². The van der Waals surface area contributed by atoms with Crippen LogP contribution in [0.3, 0.4) is 0 Å². The molecule has 0 radical (unpaired) electrons. The monoisotopic (exact) mass is 720 g/mol. The van der Waals surface area contributed by atoms with Gasteiger partial charge in [-0.3, -0.25) is 14.2 Å². The van der Waals surface area contributed by atoms with Crippen molar-refractivity contribution in [2.45, 2.75) is 0 Å². The van der Waals surface area contributed by atoms with Gasteiger partial charge in [-0.15, -0.1) is 0 Å². The Morgan fingerprint density at radius 2 is 1.00 bits per heavy atom. The van der Waals surface area contributed by atoms with E-state index in [9.17, 15) is 9.59 Å². The molecule has 0 spiro atoms. The van der Waals surface area contributed by atoms with E-state index < -0.39 is 0 Å². The summed E-state index contributed by atoms with van der Waals surface area (Å²) in [5, 5.41) is 4.52. The number of hydrogen-bond acceptors (Lipinski definition) is 4. The third-order valence-corrected chi connectivity index (χ3v) is 11.2. The number of fused-ring (bicyclic) bond motifs is 11. The highest BCUT2D eigenvalue weighted by Crippen LogP contribution is 2.37. The van der Waals surface area contributed by atoms with Gasteiger partial charge < -0.3 is 4.57 Å². The van der Waals surface area contributed by atoms with Crippen molar-refractivity contribution in [2.75, 3.05) is 0 Å². The van der Waals surface area contributed by atoms with Crippen LogP contribution < -0.4 is 11.1 Å². The lowest BCUT2D eigenvalue weighted by Gasteiger charge is -2.12. The number of benzene rings is 7. The molecule has 12 aromatic rings. The second-order valence-corrected chi connectivity index (χ2v) is 14.2. The van der Waals surface area contributed by atoms with E-state index in [1.165, 1.54) is 4.52 Å². The van der Waals surface area contributed by atoms with Crippen LogP contribution in [0.4, 0.5) is 0 Å². The van der Waals surface area contributed by atoms with Crippen molar-refractivity contribution in [3.8, 4) is 34.0 Å². The van der Waals surface area contributed by atoms with E-state index in [2.05, 4.69) is 59.2 Å². The molecule has 262 valence electrons. The van der Waals surface area contributed by atoms with Crippen molar-refractivity contribution in [2.24, 2.45) is 0 Å². The maximum atomic E-state index is 14.3. The second kappa shape index (κ2) is 11.3. The van der Waals surface area contributed by atoms with E-state index in [0.29, 0.717) is 27.9 Å². The molecule has 56 heavy (non-hydrogen) atoms. The summed E-state index contributed by atoms with van der Waals surface area (Å²) in [5.74, 6) is 0.599. The largest absolute Gasteiger partial charge is 0.303 e. The maximum absolute atomic E-state index is 14.3. The molecule has 7 aromatic carbocycles. The van der Waals surface area contributed by atoms with Gasteiger partial charge in [-0.25, -0.2) is 14.5 Å². The van der Waals surface area contributed by atoms with Crippen LogP contribution in [0.25, 0.3) is 99.6 Å². The van der Waals surface area contributed by atoms with Gasteiger partial charge in [0, 0.05) is 32.8 Å². The number of aromatic nitrogens is 6. The lowest BCUT2D eigenvalue weighted by Crippen LogP contribution is -2.22. The van der Waals surface area contributed by atoms with Crippen LogP contribution in [-0.2, 0) is 0 Å². The molecule has 5 aromatic heterocycles. The fourth-order valence-corrected chi connectivity index (χ4v) is 8.71. The summed E-state index contributed by atoms with van der Waals surface area (Å²) in [6.45, 7) is 0. The molecule has 0 saturated carbocycles. The quantitative estimate of drug-likeness (QED) is 0.181. The van der Waals surface area contributed by atoms with Gasteiger partial charge in [0.1, 0.15) is 11.0 Å². The van der Waals surface area contributed by atoms with Crippen LogP contribution in [-0.4, -0.2) is 28.1 Å². The number of hydrogen-bond donors (Lipinski definition) is 0. The molecule has 12 rings (SSSR count). The van der Waals surface area contributed by atoms with Gasteiger partial charge in [0.05, 0.1) is 38.7 Å². The molecule has 0 aliphatic heterocycles. The highest BCUT2D eigenvalue weighted by Gasteiger charge is 2.25. The molecule has 0 N–H and O–H groups in total. The molecule has 0 saturated heterocycles. The summed E-state index contributed by atoms with van der Waals surface area (Å²) in [6, 6.07) is 56.8. The van der Waals surface area contributed by atoms with Gasteiger partial charge in [-0.2, -0.15) is 4.52 Å². The molecule has 8 heteroatoms. The standard InChI is InChI=1S/C48H28N6O2/c55-46-36-25-23-31(28-42(36)53-44-35-19-9-12-22-40(35)51(32-15-5-2-6-16-32)45(44)47(56)54(46)53)30-24-26-41-37(27-30)33-17-8-11-21-39(33)52(41)48-49-38-20-10-7-18-34(38)43(50-48)29-13-3-1-4-14-29/h1-28H. The minimum Gasteiger partial charge on any atom is -0.303 e. The van der Waals surface area contributed by atoms with Crippen molar-refractivity contribution in [1.29, 1.82) is 0 Å². The van der Waals surface area contributed by atoms with Crippen LogP contribution in [0.2, 0.25) is 0 Å². The van der Waals surface area contributed by atoms with Crippen molar-refractivity contribution in [3.05, 3.63) is 191 Å². The second-order valence-electron chi connectivity index (χ2n) is 14.2. The van der Waals surface area contributed by atoms with E-state index in [4.69, 9.17) is 9.97 Å². The molecule has 0 aliphatic rings. The Hall–Kier alpha value is -7.84. The zero-order valence-corrected chi connectivity index (χ0v) is 29.7. The highest BCUT2D eigenvalue weighted by molar-refractivity contribution is 6.11. The molecule has 0 amide bonds. The van der Waals surface area contributed by atoms with Crippen molar-refractivity contribution < 1.29 is 0 Å². The summed E-state index contributed by atoms with van der Waals surface area (Å²) in [7, 11) is 0. The topological polar surface area (TPSA) is 78.6 Å². The van der Waals surface area contributed by atoms with E-state index >= 15 is 0 Å². The Morgan fingerprint density at radius 3 is 1.80 bits per heavy atom. The average molecular weight is 721 g/mol. The third-order valence-electron chi connectivity index (χ3n) is 11.2. The van der Waals surface area contributed by atoms with Crippen LogP contribution >= 0.6 is 0 Å². The molecule has 0 bridgehead atoms. The summed E-state index contributed by atoms with van der Waals surface area (Å²) in [4.78, 5) is 38.6. The highest BCUT2D eigenvalue weighted by atomic mass is 16.2. The lowest BCUT2D eigenvalue weighted by molar-refractivity contribution is 0.840. The zero-order chi connectivity index (χ0) is 37.1. The first kappa shape index (κ1) is 30.6. The number of para-hydroxylation sites is 4. The third kappa shape index (κ3) is 4.12. The summed E-state index contributed by atoms with van der Waals surface area (Å²) in [6.07, 6.45) is 0. The molecule has 0 unspecified atom stereocenters. The smallest absolute Gasteiger partial charge is 0.299 e. The first-order valence-corrected chi connectivity index (χ1v) is 18.5. The molecular weight excluding hydrogens is 693 g/mol. The van der Waals surface area contributed by atoms with Crippen molar-refractivity contribution >= 4 is 65.5 Å². The fourth-order valence-electron chi connectivity index (χ4n) is 8.71. The van der Waals surface area contributed by atoms with E-state index in [1.54, 1.807) is 0 Å². The molecule has 0 aliphatic carbocycles. The van der Waals surface area contributed by atoms with Crippen LogP contribution in [0.5, 0.6) is 0 Å². The normalized spacial score (nSPS) is 12.1. The minimum atomic E-state index is -0.344. The Kier molecular flexibility index (Phi) is 6.19. The number of nitrogens with zero attached hydrogens (tertiary/aromatic N) is 6. The Bertz CT molecular complexity index is 3690. The number of rotatable bonds is 4. The predicted octanol–water partition coefficient (Wildman–Crippen LogP) is 9.82. The Morgan fingerprint density at radius 1 is 0.375 bits per heavy atom. The first-order chi connectivity index (χ1) is 27.6. The summed E-state index contributed by atoms with van der Waals surface area (Å²) in [5.41, 5.74) is 9.63. The van der Waals surface area contributed by atoms with Crippen LogP contribution in [0, 0.1) is 0 Å². The Balaban J connectivity index is 1.09. The van der Waals surface area contributed by atoms with Crippen LogP contribution in [0.1, 0.15) is 0 Å². The van der Waals surface area contributed by atoms with Gasteiger partial charge in [-0.1, -0.05) is 115 Å². The molecule has 5 heterocycles. The van der Waals surface area contributed by atoms with Gasteiger partial charge in [0.25, 0.3) is 11.1 Å². The SMILES string of the molecule is O=c1c2ccc(-c3ccc4c(c3)c3ccccc3n4-c3nc(-c4ccccc4)c4ccccc4n3)cc2n2c3c4ccccc4n(-c4ccccc4)c3c(=O)n12. The van der Waals surface area contributed by atoms with Gasteiger partial charge in [0.2, 0.25) is 5.95 Å².